The van der Waals surface area contributed by atoms with Gasteiger partial charge in [-0.15, -0.1) is 0 Å². The number of hydrogen-bond acceptors (Lipinski definition) is 3. The highest BCUT2D eigenvalue weighted by Crippen LogP contribution is 2.29. The van der Waals surface area contributed by atoms with E-state index < -0.39 is 0 Å². The molecule has 1 N–H and O–H groups in total. The molecule has 4 heteroatoms. The number of rotatable bonds is 2. The number of ether oxygens (including phenoxy) is 1. The van der Waals surface area contributed by atoms with Gasteiger partial charge in [0.2, 0.25) is 0 Å². The first-order valence-electron chi connectivity index (χ1n) is 5.68. The number of methoxy groups -OCH3 is 1. The van der Waals surface area contributed by atoms with Crippen molar-refractivity contribution in [2.75, 3.05) is 20.2 Å². The van der Waals surface area contributed by atoms with Crippen molar-refractivity contribution in [3.8, 4) is 0 Å². The van der Waals surface area contributed by atoms with E-state index in [1.165, 1.54) is 13.2 Å². The van der Waals surface area contributed by atoms with Crippen molar-refractivity contribution in [3.05, 3.63) is 35.1 Å². The van der Waals surface area contributed by atoms with E-state index in [0.717, 1.165) is 12.1 Å². The normalized spacial score (nSPS) is 23.7. The average molecular weight is 237 g/mol. The van der Waals surface area contributed by atoms with Gasteiger partial charge in [-0.3, -0.25) is 4.79 Å². The maximum absolute atomic E-state index is 13.2. The van der Waals surface area contributed by atoms with Crippen LogP contribution in [0.1, 0.15) is 17.0 Å². The summed E-state index contributed by atoms with van der Waals surface area (Å²) in [6.45, 7) is 3.08. The van der Waals surface area contributed by atoms with E-state index in [9.17, 15) is 9.18 Å². The first-order chi connectivity index (χ1) is 8.13. The lowest BCUT2D eigenvalue weighted by Gasteiger charge is -2.17. The smallest absolute Gasteiger partial charge is 0.310 e. The van der Waals surface area contributed by atoms with Crippen LogP contribution < -0.4 is 5.32 Å². The van der Waals surface area contributed by atoms with Gasteiger partial charge in [-0.25, -0.2) is 4.39 Å². The Morgan fingerprint density at radius 2 is 2.24 bits per heavy atom. The summed E-state index contributed by atoms with van der Waals surface area (Å²) >= 11 is 0. The van der Waals surface area contributed by atoms with Crippen molar-refractivity contribution in [3.63, 3.8) is 0 Å². The zero-order chi connectivity index (χ0) is 12.4. The number of carbonyl (C=O) groups is 1. The van der Waals surface area contributed by atoms with Crippen LogP contribution in [0.15, 0.2) is 18.2 Å². The van der Waals surface area contributed by atoms with Crippen molar-refractivity contribution >= 4 is 5.97 Å². The number of halogens is 1. The molecule has 2 rings (SSSR count). The Morgan fingerprint density at radius 3 is 2.88 bits per heavy atom. The molecular formula is C13H16FNO2. The molecule has 0 bridgehead atoms. The van der Waals surface area contributed by atoms with Gasteiger partial charge in [-0.05, 0) is 24.1 Å². The molecule has 0 unspecified atom stereocenters. The van der Waals surface area contributed by atoms with Gasteiger partial charge in [0.1, 0.15) is 5.82 Å². The van der Waals surface area contributed by atoms with Crippen LogP contribution in [0.4, 0.5) is 4.39 Å². The van der Waals surface area contributed by atoms with Gasteiger partial charge < -0.3 is 10.1 Å². The Kier molecular flexibility index (Phi) is 3.43. The fourth-order valence-electron chi connectivity index (χ4n) is 2.33. The second-order valence-corrected chi connectivity index (χ2v) is 4.40. The molecule has 1 saturated heterocycles. The zero-order valence-corrected chi connectivity index (χ0v) is 10.00. The Morgan fingerprint density at radius 1 is 1.47 bits per heavy atom. The molecule has 1 fully saturated rings. The SMILES string of the molecule is COC(=O)[C@@H]1CNC[C@H]1c1ccc(F)c(C)c1. The topological polar surface area (TPSA) is 38.3 Å². The Labute approximate surface area is 100.0 Å². The quantitative estimate of drug-likeness (QED) is 0.794. The third-order valence-corrected chi connectivity index (χ3v) is 3.33. The zero-order valence-electron chi connectivity index (χ0n) is 10.00. The number of aryl methyl sites for hydroxylation is 1. The summed E-state index contributed by atoms with van der Waals surface area (Å²) in [4.78, 5) is 11.6. The molecule has 0 radical (unpaired) electrons. The lowest BCUT2D eigenvalue weighted by molar-refractivity contribution is -0.145. The van der Waals surface area contributed by atoms with E-state index in [1.807, 2.05) is 6.07 Å². The van der Waals surface area contributed by atoms with Crippen LogP contribution in [0, 0.1) is 18.7 Å². The minimum Gasteiger partial charge on any atom is -0.469 e. The van der Waals surface area contributed by atoms with E-state index in [-0.39, 0.29) is 23.6 Å². The third kappa shape index (κ3) is 2.31. The van der Waals surface area contributed by atoms with Crippen LogP contribution in [-0.2, 0) is 9.53 Å². The van der Waals surface area contributed by atoms with Crippen molar-refractivity contribution in [1.29, 1.82) is 0 Å². The predicted molar refractivity (Wildman–Crippen MR) is 62.3 cm³/mol. The fourth-order valence-corrected chi connectivity index (χ4v) is 2.33. The van der Waals surface area contributed by atoms with Gasteiger partial charge in [0.15, 0.2) is 0 Å². The van der Waals surface area contributed by atoms with Crippen LogP contribution in [-0.4, -0.2) is 26.2 Å². The number of esters is 1. The van der Waals surface area contributed by atoms with E-state index in [1.54, 1.807) is 13.0 Å². The molecule has 17 heavy (non-hydrogen) atoms. The van der Waals surface area contributed by atoms with Crippen LogP contribution in [0.3, 0.4) is 0 Å². The summed E-state index contributed by atoms with van der Waals surface area (Å²) in [5.41, 5.74) is 1.60. The molecule has 0 aromatic heterocycles. The molecule has 0 aliphatic carbocycles. The summed E-state index contributed by atoms with van der Waals surface area (Å²) in [5, 5.41) is 3.18. The van der Waals surface area contributed by atoms with Crippen molar-refractivity contribution in [2.45, 2.75) is 12.8 Å². The number of hydrogen-bond donors (Lipinski definition) is 1. The second-order valence-electron chi connectivity index (χ2n) is 4.40. The summed E-state index contributed by atoms with van der Waals surface area (Å²) in [6, 6.07) is 5.01. The largest absolute Gasteiger partial charge is 0.469 e. The van der Waals surface area contributed by atoms with Gasteiger partial charge in [-0.1, -0.05) is 12.1 Å². The molecule has 2 atom stereocenters. The van der Waals surface area contributed by atoms with E-state index in [4.69, 9.17) is 4.74 Å². The van der Waals surface area contributed by atoms with Crippen molar-refractivity contribution < 1.29 is 13.9 Å². The summed E-state index contributed by atoms with van der Waals surface area (Å²) < 4.78 is 18.0. The lowest BCUT2D eigenvalue weighted by Crippen LogP contribution is -2.23. The molecule has 0 amide bonds. The summed E-state index contributed by atoms with van der Waals surface area (Å²) in [5.74, 6) is -0.525. The first kappa shape index (κ1) is 12.0. The van der Waals surface area contributed by atoms with Gasteiger partial charge in [-0.2, -0.15) is 0 Å². The van der Waals surface area contributed by atoms with Crippen LogP contribution >= 0.6 is 0 Å². The predicted octanol–water partition coefficient (Wildman–Crippen LogP) is 1.61. The fraction of sp³-hybridized carbons (Fsp3) is 0.462. The molecule has 1 aromatic carbocycles. The first-order valence-corrected chi connectivity index (χ1v) is 5.68. The van der Waals surface area contributed by atoms with E-state index in [0.29, 0.717) is 12.1 Å². The Hall–Kier alpha value is -1.42. The number of nitrogens with one attached hydrogen (secondary N) is 1. The van der Waals surface area contributed by atoms with Gasteiger partial charge in [0.05, 0.1) is 13.0 Å². The van der Waals surface area contributed by atoms with E-state index in [2.05, 4.69) is 5.32 Å². The van der Waals surface area contributed by atoms with Crippen LogP contribution in [0.25, 0.3) is 0 Å². The monoisotopic (exact) mass is 237 g/mol. The molecule has 1 heterocycles. The highest BCUT2D eigenvalue weighted by Gasteiger charge is 2.34. The molecule has 3 nitrogen and oxygen atoms in total. The van der Waals surface area contributed by atoms with Crippen LogP contribution in [0.2, 0.25) is 0 Å². The standard InChI is InChI=1S/C13H16FNO2/c1-8-5-9(3-4-12(8)14)10-6-15-7-11(10)13(16)17-2/h3-5,10-11,15H,6-7H2,1-2H3/t10-,11+/m0/s1. The number of benzene rings is 1. The van der Waals surface area contributed by atoms with Crippen LogP contribution in [0.5, 0.6) is 0 Å². The molecular weight excluding hydrogens is 221 g/mol. The molecule has 1 aliphatic rings. The maximum Gasteiger partial charge on any atom is 0.310 e. The molecule has 92 valence electrons. The summed E-state index contributed by atoms with van der Waals surface area (Å²) in [6.07, 6.45) is 0. The molecule has 1 aromatic rings. The average Bonchev–Trinajstić information content (AvgIpc) is 2.80. The van der Waals surface area contributed by atoms with Crippen molar-refractivity contribution in [2.24, 2.45) is 5.92 Å². The minimum atomic E-state index is -0.214. The number of carbonyl (C=O) groups excluding carboxylic acids is 1. The lowest BCUT2D eigenvalue weighted by atomic mass is 9.88. The van der Waals surface area contributed by atoms with Gasteiger partial charge in [0.25, 0.3) is 0 Å². The molecule has 0 saturated carbocycles. The maximum atomic E-state index is 13.2. The minimum absolute atomic E-state index is 0.0711. The third-order valence-electron chi connectivity index (χ3n) is 3.33. The Bertz CT molecular complexity index is 433. The van der Waals surface area contributed by atoms with Gasteiger partial charge in [0, 0.05) is 19.0 Å². The molecule has 1 aliphatic heterocycles. The second kappa shape index (κ2) is 4.84. The van der Waals surface area contributed by atoms with E-state index >= 15 is 0 Å². The summed E-state index contributed by atoms with van der Waals surface area (Å²) in [7, 11) is 1.40. The highest BCUT2D eigenvalue weighted by molar-refractivity contribution is 5.74. The van der Waals surface area contributed by atoms with Gasteiger partial charge >= 0.3 is 5.97 Å². The Balaban J connectivity index is 2.26. The highest BCUT2D eigenvalue weighted by atomic mass is 19.1. The van der Waals surface area contributed by atoms with Crippen molar-refractivity contribution in [1.82, 2.24) is 5.32 Å². The molecule has 0 spiro atoms.